The molecule has 0 saturated heterocycles. The minimum Gasteiger partial charge on any atom is -1.00 e. The summed E-state index contributed by atoms with van der Waals surface area (Å²) in [6, 6.07) is 23.1. The molecule has 1 aromatic heterocycles. The molecule has 2 aromatic carbocycles. The Morgan fingerprint density at radius 1 is 0.808 bits per heavy atom. The second-order valence-corrected chi connectivity index (χ2v) is 6.00. The van der Waals surface area contributed by atoms with Gasteiger partial charge in [0.25, 0.3) is 0 Å². The minimum absolute atomic E-state index is 0. The number of pyridine rings is 1. The van der Waals surface area contributed by atoms with E-state index in [1.165, 1.54) is 22.1 Å². The van der Waals surface area contributed by atoms with E-state index < -0.39 is 0 Å². The summed E-state index contributed by atoms with van der Waals surface area (Å²) in [5.41, 5.74) is 6.17. The van der Waals surface area contributed by atoms with Crippen molar-refractivity contribution < 1.29 is 42.2 Å². The molecule has 3 aromatic rings. The summed E-state index contributed by atoms with van der Waals surface area (Å²) in [5, 5.41) is 1.20. The van der Waals surface area contributed by atoms with Gasteiger partial charge < -0.3 is 24.8 Å². The van der Waals surface area contributed by atoms with E-state index in [-0.39, 0.29) is 42.2 Å². The summed E-state index contributed by atoms with van der Waals surface area (Å²) in [5.74, 6) is 0. The van der Waals surface area contributed by atoms with Crippen LogP contribution in [-0.4, -0.2) is 4.98 Å². The summed E-state index contributed by atoms with van der Waals surface area (Å²) in [7, 11) is 0. The van der Waals surface area contributed by atoms with Gasteiger partial charge in [-0.1, -0.05) is 61.0 Å². The smallest absolute Gasteiger partial charge is 1.00 e. The van der Waals surface area contributed by atoms with Gasteiger partial charge in [-0.05, 0) is 30.5 Å². The number of rotatable bonds is 4. The number of hydrogen-bond acceptors (Lipinski definition) is 1. The average molecular weight is 419 g/mol. The van der Waals surface area contributed by atoms with Crippen LogP contribution in [0.25, 0.3) is 10.9 Å². The Balaban J connectivity index is 0.00000113. The van der Waals surface area contributed by atoms with Crippen molar-refractivity contribution in [3.8, 4) is 0 Å². The molecule has 0 bridgehead atoms. The van der Waals surface area contributed by atoms with Crippen molar-refractivity contribution in [2.75, 3.05) is 0 Å². The fraction of sp³-hybridized carbons (Fsp3) is 0.136. The number of allylic oxidation sites excluding steroid dienone is 4. The fourth-order valence-electron chi connectivity index (χ4n) is 3.05. The molecule has 1 nitrogen and oxygen atoms in total. The molecule has 4 rings (SSSR count). The molecule has 1 aliphatic rings. The molecule has 0 amide bonds. The first-order valence-electron chi connectivity index (χ1n) is 8.06. The average Bonchev–Trinajstić information content (AvgIpc) is 3.02. The van der Waals surface area contributed by atoms with Gasteiger partial charge in [-0.2, -0.15) is 5.57 Å². The first kappa shape index (κ1) is 22.5. The molecule has 1 heterocycles. The summed E-state index contributed by atoms with van der Waals surface area (Å²) < 4.78 is 0. The monoisotopic (exact) mass is 418 g/mol. The van der Waals surface area contributed by atoms with Crippen molar-refractivity contribution in [3.63, 3.8) is 0 Å². The molecular weight excluding hydrogens is 401 g/mol. The van der Waals surface area contributed by atoms with Crippen molar-refractivity contribution in [2.45, 2.75) is 19.3 Å². The number of para-hydroxylation sites is 1. The van der Waals surface area contributed by atoms with Crippen LogP contribution in [0.3, 0.4) is 0 Å². The molecule has 0 unspecified atom stereocenters. The van der Waals surface area contributed by atoms with E-state index in [0.717, 1.165) is 30.5 Å². The molecule has 1 radical (unpaired) electrons. The third kappa shape index (κ3) is 5.47. The molecule has 0 atom stereocenters. The Morgan fingerprint density at radius 2 is 1.54 bits per heavy atom. The number of hydrogen-bond donors (Lipinski definition) is 0. The number of benzene rings is 2. The number of aromatic nitrogens is 1. The van der Waals surface area contributed by atoms with Crippen LogP contribution in [0.5, 0.6) is 0 Å². The Hall–Kier alpha value is -1.56. The van der Waals surface area contributed by atoms with E-state index in [2.05, 4.69) is 72.8 Å². The van der Waals surface area contributed by atoms with Crippen LogP contribution in [0.15, 0.2) is 84.0 Å². The van der Waals surface area contributed by atoms with Crippen molar-refractivity contribution in [2.24, 2.45) is 0 Å². The third-order valence-corrected chi connectivity index (χ3v) is 4.22. The quantitative estimate of drug-likeness (QED) is 0.499. The zero-order chi connectivity index (χ0) is 15.5. The van der Waals surface area contributed by atoms with Crippen molar-refractivity contribution in [1.29, 1.82) is 0 Å². The normalized spacial score (nSPS) is 12.3. The molecule has 1 aliphatic carbocycles. The molecule has 0 aliphatic heterocycles. The van der Waals surface area contributed by atoms with Crippen LogP contribution < -0.4 is 24.8 Å². The Kier molecular flexibility index (Phi) is 9.13. The number of nitrogens with zero attached hydrogens (tertiary/aromatic N) is 1. The van der Waals surface area contributed by atoms with E-state index in [9.17, 15) is 0 Å². The maximum atomic E-state index is 4.76. The predicted molar refractivity (Wildman–Crippen MR) is 95.0 cm³/mol. The van der Waals surface area contributed by atoms with Crippen LogP contribution in [0.4, 0.5) is 0 Å². The first-order valence-corrected chi connectivity index (χ1v) is 8.06. The van der Waals surface area contributed by atoms with Crippen LogP contribution in [-0.2, 0) is 30.2 Å². The van der Waals surface area contributed by atoms with Gasteiger partial charge in [-0.3, -0.25) is 4.98 Å². The predicted octanol–water partition coefficient (Wildman–Crippen LogP) is -0.915. The molecule has 26 heavy (non-hydrogen) atoms. The maximum absolute atomic E-state index is 4.76. The van der Waals surface area contributed by atoms with Gasteiger partial charge in [0, 0.05) is 11.1 Å². The van der Waals surface area contributed by atoms with Gasteiger partial charge in [0.05, 0.1) is 5.52 Å². The molecule has 4 heteroatoms. The molecule has 0 saturated carbocycles. The summed E-state index contributed by atoms with van der Waals surface area (Å²) in [6.07, 6.45) is 8.72. The first-order chi connectivity index (χ1) is 11.4. The minimum atomic E-state index is 0. The zero-order valence-corrected chi connectivity index (χ0v) is 16.9. The van der Waals surface area contributed by atoms with Gasteiger partial charge in [0.1, 0.15) is 0 Å². The SMILES string of the molecule is [C-]1=C(Cc2ccc3ccccc3n2)CC=C1Cc1ccccc1.[Cl-].[Cl-].[Cr+3]. The van der Waals surface area contributed by atoms with Crippen molar-refractivity contribution in [3.05, 3.63) is 101 Å². The van der Waals surface area contributed by atoms with Crippen molar-refractivity contribution >= 4 is 10.9 Å². The topological polar surface area (TPSA) is 12.9 Å². The van der Waals surface area contributed by atoms with Gasteiger partial charge in [0.2, 0.25) is 0 Å². The summed E-state index contributed by atoms with van der Waals surface area (Å²) >= 11 is 0. The number of fused-ring (bicyclic) bond motifs is 1. The van der Waals surface area contributed by atoms with Crippen LogP contribution in [0.1, 0.15) is 17.7 Å². The van der Waals surface area contributed by atoms with Gasteiger partial charge >= 0.3 is 17.4 Å². The second kappa shape index (κ2) is 10.6. The van der Waals surface area contributed by atoms with E-state index in [1.807, 2.05) is 6.07 Å². The third-order valence-electron chi connectivity index (χ3n) is 4.22. The van der Waals surface area contributed by atoms with Crippen LogP contribution >= 0.6 is 0 Å². The second-order valence-electron chi connectivity index (χ2n) is 6.00. The molecular formula is C22H18Cl2CrN. The molecule has 131 valence electrons. The Bertz CT molecular complexity index is 904. The molecule has 0 fully saturated rings. The van der Waals surface area contributed by atoms with Crippen LogP contribution in [0.2, 0.25) is 0 Å². The molecule has 0 N–H and O–H groups in total. The van der Waals surface area contributed by atoms with E-state index >= 15 is 0 Å². The van der Waals surface area contributed by atoms with Crippen LogP contribution in [0, 0.1) is 6.08 Å². The van der Waals surface area contributed by atoms with E-state index in [4.69, 9.17) is 4.98 Å². The standard InChI is InChI=1S/C22H18N.2ClH.Cr/c1-2-6-17(7-3-1)14-18-10-11-19(15-18)16-21-13-12-20-8-4-5-9-22(20)23-21;;;/h1-10,12-13H,11,14,16H2;2*1H;/q-1;;;+3/p-2. The zero-order valence-electron chi connectivity index (χ0n) is 14.2. The Morgan fingerprint density at radius 3 is 2.35 bits per heavy atom. The maximum Gasteiger partial charge on any atom is 3.00 e. The largest absolute Gasteiger partial charge is 3.00 e. The number of halogens is 2. The van der Waals surface area contributed by atoms with Gasteiger partial charge in [-0.25, -0.2) is 17.7 Å². The summed E-state index contributed by atoms with van der Waals surface area (Å²) in [4.78, 5) is 4.76. The van der Waals surface area contributed by atoms with Gasteiger partial charge in [0.15, 0.2) is 0 Å². The van der Waals surface area contributed by atoms with E-state index in [0.29, 0.717) is 0 Å². The van der Waals surface area contributed by atoms with E-state index in [1.54, 1.807) is 0 Å². The summed E-state index contributed by atoms with van der Waals surface area (Å²) in [6.45, 7) is 0. The van der Waals surface area contributed by atoms with Crippen molar-refractivity contribution in [1.82, 2.24) is 4.98 Å². The van der Waals surface area contributed by atoms with Gasteiger partial charge in [-0.15, -0.1) is 0 Å². The molecule has 0 spiro atoms. The fourth-order valence-corrected chi connectivity index (χ4v) is 3.05. The Labute approximate surface area is 178 Å².